The van der Waals surface area contributed by atoms with Crippen molar-refractivity contribution in [3.63, 3.8) is 0 Å². The van der Waals surface area contributed by atoms with E-state index in [1.165, 1.54) is 0 Å². The average Bonchev–Trinajstić information content (AvgIpc) is 3.33. The third-order valence-electron chi connectivity index (χ3n) is 12.1. The average molecular weight is 523 g/mol. The summed E-state index contributed by atoms with van der Waals surface area (Å²) in [4.78, 5) is 13.3. The molecular formula is C29H46O8. The summed E-state index contributed by atoms with van der Waals surface area (Å²) < 4.78 is 5.95. The molecule has 0 amide bonds. The minimum absolute atomic E-state index is 0.0189. The standard InChI is InChI=1S/C29H46O8/c1-15-17(13-30)24(37-22(15)14-31)25(34)28(4,35)23-7-10-29(36)19-12-21(33)20-11-16(32)5-8-26(20,2)18(19)6-9-27(23,29)3/h12,15-18,20,22-25,30-32,34-36H,5-11,13-14H2,1-4H3. The topological polar surface area (TPSA) is 148 Å². The van der Waals surface area contributed by atoms with E-state index in [1.54, 1.807) is 13.0 Å². The summed E-state index contributed by atoms with van der Waals surface area (Å²) in [6.45, 7) is 7.12. The Morgan fingerprint density at radius 3 is 2.46 bits per heavy atom. The van der Waals surface area contributed by atoms with Gasteiger partial charge in [-0.3, -0.25) is 4.79 Å². The molecule has 8 nitrogen and oxygen atoms in total. The molecule has 6 N–H and O–H groups in total. The first-order valence-corrected chi connectivity index (χ1v) is 14.2. The molecule has 1 heterocycles. The van der Waals surface area contributed by atoms with Gasteiger partial charge in [0, 0.05) is 23.9 Å². The smallest absolute Gasteiger partial charge is 0.159 e. The Morgan fingerprint density at radius 2 is 1.81 bits per heavy atom. The second-order valence-electron chi connectivity index (χ2n) is 13.6. The quantitative estimate of drug-likeness (QED) is 0.317. The first-order chi connectivity index (χ1) is 17.3. The Labute approximate surface area is 219 Å². The van der Waals surface area contributed by atoms with E-state index >= 15 is 0 Å². The van der Waals surface area contributed by atoms with Gasteiger partial charge < -0.3 is 35.4 Å². The van der Waals surface area contributed by atoms with Gasteiger partial charge in [-0.1, -0.05) is 20.8 Å². The van der Waals surface area contributed by atoms with E-state index < -0.39 is 52.9 Å². The molecule has 5 rings (SSSR count). The van der Waals surface area contributed by atoms with Crippen molar-refractivity contribution in [1.82, 2.24) is 0 Å². The third kappa shape index (κ3) is 3.70. The van der Waals surface area contributed by atoms with Crippen LogP contribution in [0.3, 0.4) is 0 Å². The predicted molar refractivity (Wildman–Crippen MR) is 135 cm³/mol. The fourth-order valence-electron chi connectivity index (χ4n) is 9.58. The summed E-state index contributed by atoms with van der Waals surface area (Å²) in [6.07, 6.45) is 2.63. The lowest BCUT2D eigenvalue weighted by molar-refractivity contribution is -0.199. The molecule has 1 saturated heterocycles. The number of ether oxygens (including phenoxy) is 1. The van der Waals surface area contributed by atoms with E-state index in [-0.39, 0.29) is 42.2 Å². The van der Waals surface area contributed by atoms with Crippen molar-refractivity contribution in [3.8, 4) is 0 Å². The Morgan fingerprint density at radius 1 is 1.11 bits per heavy atom. The highest BCUT2D eigenvalue weighted by molar-refractivity contribution is 5.95. The number of carbonyl (C=O) groups is 1. The number of aliphatic hydroxyl groups excluding tert-OH is 4. The minimum atomic E-state index is -1.63. The molecule has 0 aromatic rings. The van der Waals surface area contributed by atoms with Crippen molar-refractivity contribution in [2.75, 3.05) is 13.2 Å². The maximum atomic E-state index is 13.3. The van der Waals surface area contributed by atoms with Crippen LogP contribution < -0.4 is 0 Å². The van der Waals surface area contributed by atoms with E-state index in [4.69, 9.17) is 4.74 Å². The lowest BCUT2D eigenvalue weighted by Gasteiger charge is -2.60. The molecule has 210 valence electrons. The molecule has 5 aliphatic rings. The van der Waals surface area contributed by atoms with Gasteiger partial charge in [-0.25, -0.2) is 0 Å². The van der Waals surface area contributed by atoms with Crippen LogP contribution in [0.4, 0.5) is 0 Å². The Hall–Kier alpha value is -0.870. The molecule has 0 bridgehead atoms. The number of rotatable bonds is 5. The van der Waals surface area contributed by atoms with Gasteiger partial charge in [-0.15, -0.1) is 0 Å². The van der Waals surface area contributed by atoms with Crippen molar-refractivity contribution < 1.29 is 40.2 Å². The van der Waals surface area contributed by atoms with Gasteiger partial charge in [0.15, 0.2) is 5.78 Å². The van der Waals surface area contributed by atoms with Crippen molar-refractivity contribution in [3.05, 3.63) is 11.6 Å². The first kappa shape index (κ1) is 27.7. The monoisotopic (exact) mass is 522 g/mol. The number of ketones is 1. The van der Waals surface area contributed by atoms with Crippen molar-refractivity contribution in [2.45, 2.75) is 108 Å². The maximum absolute atomic E-state index is 13.3. The largest absolute Gasteiger partial charge is 0.396 e. The molecule has 1 aliphatic heterocycles. The van der Waals surface area contributed by atoms with Gasteiger partial charge in [0.1, 0.15) is 6.10 Å². The van der Waals surface area contributed by atoms with Crippen molar-refractivity contribution >= 4 is 5.78 Å². The van der Waals surface area contributed by atoms with Crippen LogP contribution >= 0.6 is 0 Å². The number of allylic oxidation sites excluding steroid dienone is 1. The highest BCUT2D eigenvalue weighted by atomic mass is 16.5. The zero-order chi connectivity index (χ0) is 27.1. The Balaban J connectivity index is 1.47. The van der Waals surface area contributed by atoms with Gasteiger partial charge in [-0.2, -0.15) is 0 Å². The molecule has 0 spiro atoms. The molecule has 4 fully saturated rings. The van der Waals surface area contributed by atoms with Gasteiger partial charge in [0.25, 0.3) is 0 Å². The number of hydrogen-bond acceptors (Lipinski definition) is 8. The lowest BCUT2D eigenvalue weighted by Crippen LogP contribution is -2.63. The van der Waals surface area contributed by atoms with Gasteiger partial charge in [-0.05, 0) is 86.7 Å². The molecule has 4 aliphatic carbocycles. The summed E-state index contributed by atoms with van der Waals surface area (Å²) in [5, 5.41) is 65.8. The SMILES string of the molecule is CC1C(CO)OC(C(O)C(C)(O)C2CCC3(O)C4=CC(=O)C5CC(O)CCC5(C)C4CCC23C)C1CO. The van der Waals surface area contributed by atoms with Crippen LogP contribution in [-0.4, -0.2) is 85.3 Å². The number of hydrogen-bond donors (Lipinski definition) is 6. The van der Waals surface area contributed by atoms with Gasteiger partial charge in [0.05, 0.1) is 36.1 Å². The number of fused-ring (bicyclic) bond motifs is 5. The molecule has 0 aromatic heterocycles. The van der Waals surface area contributed by atoms with Gasteiger partial charge >= 0.3 is 0 Å². The minimum Gasteiger partial charge on any atom is -0.396 e. The highest BCUT2D eigenvalue weighted by Gasteiger charge is 2.69. The maximum Gasteiger partial charge on any atom is 0.159 e. The molecule has 13 unspecified atom stereocenters. The fraction of sp³-hybridized carbons (Fsp3) is 0.897. The second-order valence-corrected chi connectivity index (χ2v) is 13.6. The summed E-state index contributed by atoms with van der Waals surface area (Å²) in [7, 11) is 0. The van der Waals surface area contributed by atoms with Crippen LogP contribution in [0.5, 0.6) is 0 Å². The van der Waals surface area contributed by atoms with Gasteiger partial charge in [0.2, 0.25) is 0 Å². The molecule has 37 heavy (non-hydrogen) atoms. The van der Waals surface area contributed by atoms with E-state index in [9.17, 15) is 35.4 Å². The highest BCUT2D eigenvalue weighted by Crippen LogP contribution is 2.68. The Kier molecular flexibility index (Phi) is 6.80. The molecule has 13 atom stereocenters. The van der Waals surface area contributed by atoms with Crippen LogP contribution in [0.2, 0.25) is 0 Å². The van der Waals surface area contributed by atoms with E-state index in [0.717, 1.165) is 18.4 Å². The fourth-order valence-corrected chi connectivity index (χ4v) is 9.58. The third-order valence-corrected chi connectivity index (χ3v) is 12.1. The molecular weight excluding hydrogens is 476 g/mol. The normalized spacial score (nSPS) is 52.1. The number of carbonyl (C=O) groups excluding carboxylic acids is 1. The predicted octanol–water partition coefficient (Wildman–Crippen LogP) is 1.34. The summed E-state index contributed by atoms with van der Waals surface area (Å²) >= 11 is 0. The van der Waals surface area contributed by atoms with Crippen molar-refractivity contribution in [1.29, 1.82) is 0 Å². The Bertz CT molecular complexity index is 948. The summed E-state index contributed by atoms with van der Waals surface area (Å²) in [5.74, 6) is -1.30. The lowest BCUT2D eigenvalue weighted by atomic mass is 9.46. The number of aliphatic hydroxyl groups is 6. The molecule has 0 radical (unpaired) electrons. The zero-order valence-electron chi connectivity index (χ0n) is 22.6. The van der Waals surface area contributed by atoms with Crippen LogP contribution in [0, 0.1) is 40.4 Å². The van der Waals surface area contributed by atoms with Crippen molar-refractivity contribution in [2.24, 2.45) is 40.4 Å². The molecule has 8 heteroatoms. The van der Waals surface area contributed by atoms with E-state index in [2.05, 4.69) is 6.92 Å². The van der Waals surface area contributed by atoms with E-state index in [0.29, 0.717) is 32.1 Å². The molecule has 0 aromatic carbocycles. The van der Waals surface area contributed by atoms with Crippen LogP contribution in [0.25, 0.3) is 0 Å². The summed E-state index contributed by atoms with van der Waals surface area (Å²) in [6, 6.07) is 0. The van der Waals surface area contributed by atoms with Crippen LogP contribution in [0.15, 0.2) is 11.6 Å². The summed E-state index contributed by atoms with van der Waals surface area (Å²) in [5.41, 5.74) is -3.22. The first-order valence-electron chi connectivity index (χ1n) is 14.2. The molecule has 3 saturated carbocycles. The van der Waals surface area contributed by atoms with Crippen LogP contribution in [-0.2, 0) is 9.53 Å². The van der Waals surface area contributed by atoms with E-state index in [1.807, 2.05) is 13.8 Å². The van der Waals surface area contributed by atoms with Crippen LogP contribution in [0.1, 0.15) is 72.6 Å². The second kappa shape index (κ2) is 9.08. The zero-order valence-corrected chi connectivity index (χ0v) is 22.6.